The van der Waals surface area contributed by atoms with Crippen LogP contribution in [0.1, 0.15) is 27.2 Å². The van der Waals surface area contributed by atoms with Crippen LogP contribution in [0.2, 0.25) is 0 Å². The molecule has 2 heterocycles. The van der Waals surface area contributed by atoms with Gasteiger partial charge in [0, 0.05) is 24.2 Å². The van der Waals surface area contributed by atoms with Crippen LogP contribution in [-0.2, 0) is 9.84 Å². The molecule has 1 aromatic carbocycles. The maximum Gasteiger partial charge on any atom is 0.175 e. The van der Waals surface area contributed by atoms with Gasteiger partial charge < -0.3 is 4.90 Å². The van der Waals surface area contributed by atoms with Crippen LogP contribution in [0, 0.1) is 11.8 Å². The third kappa shape index (κ3) is 3.04. The molecule has 1 saturated heterocycles. The first-order valence-corrected chi connectivity index (χ1v) is 9.88. The highest BCUT2D eigenvalue weighted by atomic mass is 32.2. The minimum Gasteiger partial charge on any atom is -0.353 e. The van der Waals surface area contributed by atoms with Crippen LogP contribution < -0.4 is 4.90 Å². The van der Waals surface area contributed by atoms with E-state index in [0.29, 0.717) is 22.8 Å². The van der Waals surface area contributed by atoms with Crippen molar-refractivity contribution in [2.75, 3.05) is 17.7 Å². The number of aromatic nitrogens is 2. The van der Waals surface area contributed by atoms with Gasteiger partial charge in [-0.25, -0.2) is 18.4 Å². The van der Waals surface area contributed by atoms with Gasteiger partial charge >= 0.3 is 0 Å². The maximum absolute atomic E-state index is 11.9. The van der Waals surface area contributed by atoms with Crippen molar-refractivity contribution in [1.82, 2.24) is 9.97 Å². The molecule has 0 N–H and O–H groups in total. The molecule has 1 aliphatic heterocycles. The van der Waals surface area contributed by atoms with Crippen LogP contribution in [0.25, 0.3) is 10.9 Å². The smallest absolute Gasteiger partial charge is 0.175 e. The molecule has 0 saturated carbocycles. The number of nitrogens with zero attached hydrogens (tertiary/aromatic N) is 3. The van der Waals surface area contributed by atoms with Gasteiger partial charge in [0.25, 0.3) is 0 Å². The third-order valence-electron chi connectivity index (χ3n) is 4.88. The Bertz CT molecular complexity index is 835. The number of hydrogen-bond acceptors (Lipinski definition) is 5. The van der Waals surface area contributed by atoms with Crippen LogP contribution in [0.3, 0.4) is 0 Å². The van der Waals surface area contributed by atoms with E-state index in [-0.39, 0.29) is 0 Å². The Morgan fingerprint density at radius 3 is 2.61 bits per heavy atom. The fourth-order valence-electron chi connectivity index (χ4n) is 3.48. The second-order valence-corrected chi connectivity index (χ2v) is 8.88. The normalized spacial score (nSPS) is 25.7. The second-order valence-electron chi connectivity index (χ2n) is 6.86. The summed E-state index contributed by atoms with van der Waals surface area (Å²) < 4.78 is 23.8. The molecule has 23 heavy (non-hydrogen) atoms. The average molecular weight is 333 g/mol. The molecule has 1 aliphatic rings. The summed E-state index contributed by atoms with van der Waals surface area (Å²) in [6.45, 7) is 7.66. The average Bonchev–Trinajstić information content (AvgIpc) is 2.49. The number of benzene rings is 1. The molecule has 0 spiro atoms. The molecule has 1 aromatic heterocycles. The van der Waals surface area contributed by atoms with Crippen molar-refractivity contribution in [3.63, 3.8) is 0 Å². The van der Waals surface area contributed by atoms with Gasteiger partial charge in [-0.15, -0.1) is 0 Å². The standard InChI is InChI=1S/C17H23N3O2S/c1-11-7-12(2)13(3)20(9-11)17-15-8-14(23(4,21)22)5-6-16(15)18-10-19-17/h5-6,8,10-13H,7,9H2,1-4H3. The van der Waals surface area contributed by atoms with E-state index in [0.717, 1.165) is 23.3 Å². The molecule has 1 fully saturated rings. The van der Waals surface area contributed by atoms with Crippen molar-refractivity contribution in [3.8, 4) is 0 Å². The van der Waals surface area contributed by atoms with Gasteiger partial charge in [-0.05, 0) is 43.4 Å². The highest BCUT2D eigenvalue weighted by Gasteiger charge is 2.30. The molecule has 0 aliphatic carbocycles. The van der Waals surface area contributed by atoms with Gasteiger partial charge in [-0.3, -0.25) is 0 Å². The van der Waals surface area contributed by atoms with Gasteiger partial charge in [0.1, 0.15) is 12.1 Å². The van der Waals surface area contributed by atoms with Crippen LogP contribution in [0.15, 0.2) is 29.4 Å². The lowest BCUT2D eigenvalue weighted by Crippen LogP contribution is -2.46. The van der Waals surface area contributed by atoms with E-state index in [9.17, 15) is 8.42 Å². The van der Waals surface area contributed by atoms with E-state index in [4.69, 9.17) is 0 Å². The van der Waals surface area contributed by atoms with Gasteiger partial charge in [0.15, 0.2) is 9.84 Å². The molecule has 6 heteroatoms. The third-order valence-corrected chi connectivity index (χ3v) is 5.99. The summed E-state index contributed by atoms with van der Waals surface area (Å²) in [6.07, 6.45) is 4.00. The monoisotopic (exact) mass is 333 g/mol. The van der Waals surface area contributed by atoms with Crippen LogP contribution in [0.5, 0.6) is 0 Å². The summed E-state index contributed by atoms with van der Waals surface area (Å²) in [5, 5.41) is 0.809. The predicted molar refractivity (Wildman–Crippen MR) is 92.4 cm³/mol. The molecular weight excluding hydrogens is 310 g/mol. The number of fused-ring (bicyclic) bond motifs is 1. The van der Waals surface area contributed by atoms with Crippen molar-refractivity contribution in [2.24, 2.45) is 11.8 Å². The Morgan fingerprint density at radius 1 is 1.17 bits per heavy atom. The van der Waals surface area contributed by atoms with Crippen molar-refractivity contribution in [1.29, 1.82) is 0 Å². The molecular formula is C17H23N3O2S. The van der Waals surface area contributed by atoms with Crippen LogP contribution in [-0.4, -0.2) is 37.2 Å². The van der Waals surface area contributed by atoms with Gasteiger partial charge in [0.2, 0.25) is 0 Å². The van der Waals surface area contributed by atoms with Crippen molar-refractivity contribution in [2.45, 2.75) is 38.1 Å². The van der Waals surface area contributed by atoms with Crippen LogP contribution >= 0.6 is 0 Å². The zero-order valence-corrected chi connectivity index (χ0v) is 14.8. The highest BCUT2D eigenvalue weighted by molar-refractivity contribution is 7.90. The van der Waals surface area contributed by atoms with E-state index < -0.39 is 9.84 Å². The van der Waals surface area contributed by atoms with Crippen molar-refractivity contribution in [3.05, 3.63) is 24.5 Å². The van der Waals surface area contributed by atoms with Crippen molar-refractivity contribution >= 4 is 26.6 Å². The summed E-state index contributed by atoms with van der Waals surface area (Å²) in [7, 11) is -3.25. The van der Waals surface area contributed by atoms with E-state index >= 15 is 0 Å². The van der Waals surface area contributed by atoms with E-state index in [2.05, 4.69) is 35.6 Å². The fourth-order valence-corrected chi connectivity index (χ4v) is 4.12. The largest absolute Gasteiger partial charge is 0.353 e. The molecule has 3 rings (SSSR count). The zero-order valence-electron chi connectivity index (χ0n) is 14.0. The Hall–Kier alpha value is -1.69. The lowest BCUT2D eigenvalue weighted by Gasteiger charge is -2.42. The second kappa shape index (κ2) is 5.74. The number of piperidine rings is 1. The van der Waals surface area contributed by atoms with E-state index in [1.165, 1.54) is 12.7 Å². The van der Waals surface area contributed by atoms with Crippen molar-refractivity contribution < 1.29 is 8.42 Å². The first-order chi connectivity index (χ1) is 10.8. The summed E-state index contributed by atoms with van der Waals surface area (Å²) in [5.41, 5.74) is 0.778. The zero-order chi connectivity index (χ0) is 16.8. The first-order valence-electron chi connectivity index (χ1n) is 7.99. The predicted octanol–water partition coefficient (Wildman–Crippen LogP) is 2.90. The minimum absolute atomic E-state index is 0.312. The van der Waals surface area contributed by atoms with E-state index in [1.54, 1.807) is 24.5 Å². The van der Waals surface area contributed by atoms with Gasteiger partial charge in [0.05, 0.1) is 10.4 Å². The summed E-state index contributed by atoms with van der Waals surface area (Å²) in [5.74, 6) is 2.00. The SMILES string of the molecule is CC1CC(C)C(C)N(c2ncnc3ccc(S(C)(=O)=O)cc23)C1. The quantitative estimate of drug-likeness (QED) is 0.845. The Balaban J connectivity index is 2.16. The lowest BCUT2D eigenvalue weighted by atomic mass is 9.86. The number of rotatable bonds is 2. The molecule has 2 aromatic rings. The molecule has 3 atom stereocenters. The fraction of sp³-hybridized carbons (Fsp3) is 0.529. The molecule has 0 amide bonds. The molecule has 3 unspecified atom stereocenters. The molecule has 124 valence electrons. The Morgan fingerprint density at radius 2 is 1.91 bits per heavy atom. The van der Waals surface area contributed by atoms with Gasteiger partial charge in [-0.1, -0.05) is 13.8 Å². The summed E-state index contributed by atoms with van der Waals surface area (Å²) in [6, 6.07) is 5.44. The lowest BCUT2D eigenvalue weighted by molar-refractivity contribution is 0.296. The Kier molecular flexibility index (Phi) is 4.04. The van der Waals surface area contributed by atoms with Gasteiger partial charge in [-0.2, -0.15) is 0 Å². The molecule has 5 nitrogen and oxygen atoms in total. The highest BCUT2D eigenvalue weighted by Crippen LogP contribution is 2.34. The topological polar surface area (TPSA) is 63.2 Å². The molecule has 0 radical (unpaired) electrons. The summed E-state index contributed by atoms with van der Waals surface area (Å²) >= 11 is 0. The number of anilines is 1. The van der Waals surface area contributed by atoms with E-state index in [1.807, 2.05) is 0 Å². The first kappa shape index (κ1) is 16.2. The minimum atomic E-state index is -3.25. The maximum atomic E-state index is 11.9. The Labute approximate surface area is 137 Å². The van der Waals surface area contributed by atoms with Crippen LogP contribution in [0.4, 0.5) is 5.82 Å². The number of hydrogen-bond donors (Lipinski definition) is 0. The summed E-state index contributed by atoms with van der Waals surface area (Å²) in [4.78, 5) is 11.4. The number of sulfone groups is 1. The molecule has 0 bridgehead atoms.